The summed E-state index contributed by atoms with van der Waals surface area (Å²) in [6.45, 7) is 1.93. The number of aryl methyl sites for hydroxylation is 1. The van der Waals surface area contributed by atoms with Gasteiger partial charge in [0.2, 0.25) is 0 Å². The first kappa shape index (κ1) is 22.5. The number of carbonyl (C=O) groups is 2. The van der Waals surface area contributed by atoms with Crippen molar-refractivity contribution in [3.8, 4) is 5.75 Å². The molecular weight excluding hydrogens is 443 g/mol. The van der Waals surface area contributed by atoms with Crippen molar-refractivity contribution in [2.75, 3.05) is 12.4 Å². The van der Waals surface area contributed by atoms with E-state index < -0.39 is 18.5 Å². The highest BCUT2D eigenvalue weighted by molar-refractivity contribution is 7.99. The van der Waals surface area contributed by atoms with Gasteiger partial charge >= 0.3 is 11.9 Å². The highest BCUT2D eigenvalue weighted by Gasteiger charge is 2.15. The van der Waals surface area contributed by atoms with E-state index in [1.165, 1.54) is 23.9 Å². The smallest absolute Gasteiger partial charge is 0.349 e. The summed E-state index contributed by atoms with van der Waals surface area (Å²) in [7, 11) is 0. The van der Waals surface area contributed by atoms with Gasteiger partial charge in [-0.2, -0.15) is 0 Å². The second kappa shape index (κ2) is 10.3. The zero-order valence-corrected chi connectivity index (χ0v) is 18.7. The van der Waals surface area contributed by atoms with Crippen molar-refractivity contribution in [1.29, 1.82) is 0 Å². The number of benzene rings is 3. The number of rotatable bonds is 8. The molecular formula is C25H21FN2O4S. The Balaban J connectivity index is 1.37. The van der Waals surface area contributed by atoms with E-state index in [4.69, 9.17) is 9.47 Å². The predicted molar refractivity (Wildman–Crippen MR) is 124 cm³/mol. The maximum atomic E-state index is 13.3. The summed E-state index contributed by atoms with van der Waals surface area (Å²) in [5.41, 5.74) is 3.64. The van der Waals surface area contributed by atoms with Crippen molar-refractivity contribution in [2.24, 2.45) is 0 Å². The van der Waals surface area contributed by atoms with Gasteiger partial charge in [0.15, 0.2) is 11.8 Å². The third-order valence-electron chi connectivity index (χ3n) is 4.80. The van der Waals surface area contributed by atoms with E-state index in [-0.39, 0.29) is 11.6 Å². The minimum Gasteiger partial charge on any atom is -0.453 e. The second-order valence-corrected chi connectivity index (χ2v) is 8.27. The number of ether oxygens (including phenoxy) is 2. The molecule has 0 spiro atoms. The fourth-order valence-corrected chi connectivity index (χ4v) is 3.97. The summed E-state index contributed by atoms with van der Waals surface area (Å²) in [6.07, 6.45) is 0. The van der Waals surface area contributed by atoms with E-state index >= 15 is 0 Å². The number of hydrogen-bond acceptors (Lipinski definition) is 6. The van der Waals surface area contributed by atoms with Crippen LogP contribution in [0.4, 0.5) is 4.39 Å². The number of imidazole rings is 1. The minimum absolute atomic E-state index is 0.0233. The van der Waals surface area contributed by atoms with E-state index in [9.17, 15) is 14.0 Å². The van der Waals surface area contributed by atoms with Crippen molar-refractivity contribution in [2.45, 2.75) is 18.6 Å². The van der Waals surface area contributed by atoms with Crippen LogP contribution in [-0.4, -0.2) is 33.8 Å². The summed E-state index contributed by atoms with van der Waals surface area (Å²) in [5.74, 6) is -1.13. The molecule has 0 aliphatic rings. The largest absolute Gasteiger partial charge is 0.453 e. The molecule has 0 amide bonds. The van der Waals surface area contributed by atoms with E-state index in [1.54, 1.807) is 24.3 Å². The Hall–Kier alpha value is -3.65. The van der Waals surface area contributed by atoms with E-state index in [2.05, 4.69) is 4.98 Å². The molecule has 4 rings (SSSR count). The van der Waals surface area contributed by atoms with Crippen molar-refractivity contribution in [3.63, 3.8) is 0 Å². The molecule has 1 aromatic heterocycles. The molecule has 0 aliphatic heterocycles. The van der Waals surface area contributed by atoms with Gasteiger partial charge in [0.25, 0.3) is 0 Å². The Morgan fingerprint density at radius 3 is 2.45 bits per heavy atom. The number of hydrogen-bond donors (Lipinski definition) is 0. The molecule has 8 heteroatoms. The summed E-state index contributed by atoms with van der Waals surface area (Å²) in [6, 6.07) is 20.9. The molecule has 33 heavy (non-hydrogen) atoms. The summed E-state index contributed by atoms with van der Waals surface area (Å²) < 4.78 is 25.4. The maximum absolute atomic E-state index is 13.3. The van der Waals surface area contributed by atoms with Crippen LogP contribution in [0.15, 0.2) is 78.0 Å². The molecule has 3 aromatic carbocycles. The van der Waals surface area contributed by atoms with Gasteiger partial charge in [-0.1, -0.05) is 53.7 Å². The number of carbonyl (C=O) groups excluding carboxylic acids is 2. The van der Waals surface area contributed by atoms with Crippen LogP contribution in [0.3, 0.4) is 0 Å². The lowest BCUT2D eigenvalue weighted by atomic mass is 10.2. The predicted octanol–water partition coefficient (Wildman–Crippen LogP) is 4.77. The third kappa shape index (κ3) is 5.98. The first-order chi connectivity index (χ1) is 16.0. The van der Waals surface area contributed by atoms with E-state index in [0.717, 1.165) is 22.2 Å². The molecule has 0 radical (unpaired) electrons. The fraction of sp³-hybridized carbons (Fsp3) is 0.160. The van der Waals surface area contributed by atoms with Crippen molar-refractivity contribution in [1.82, 2.24) is 9.55 Å². The second-order valence-electron chi connectivity index (χ2n) is 7.33. The van der Waals surface area contributed by atoms with Crippen LogP contribution in [0.25, 0.3) is 11.0 Å². The highest BCUT2D eigenvalue weighted by atomic mass is 32.2. The number of para-hydroxylation sites is 2. The fourth-order valence-electron chi connectivity index (χ4n) is 3.16. The van der Waals surface area contributed by atoms with Gasteiger partial charge in [-0.25, -0.2) is 14.2 Å². The van der Waals surface area contributed by atoms with Crippen molar-refractivity contribution < 1.29 is 23.5 Å². The van der Waals surface area contributed by atoms with Gasteiger partial charge in [0.05, 0.1) is 23.3 Å². The monoisotopic (exact) mass is 464 g/mol. The standard InChI is InChI=1S/C25H21FN2O4S/c1-17-6-12-20(13-7-17)32-23(29)15-31-24(30)16-33-25-27-21-4-2-3-5-22(21)28(25)14-18-8-10-19(26)11-9-18/h2-13H,14-16H2,1H3. The van der Waals surface area contributed by atoms with Gasteiger partial charge in [-0.05, 0) is 48.9 Å². The van der Waals surface area contributed by atoms with Gasteiger partial charge in [0, 0.05) is 0 Å². The van der Waals surface area contributed by atoms with Crippen LogP contribution in [0.5, 0.6) is 5.75 Å². The van der Waals surface area contributed by atoms with Crippen LogP contribution in [-0.2, 0) is 20.9 Å². The Kier molecular flexibility index (Phi) is 7.04. The molecule has 168 valence electrons. The van der Waals surface area contributed by atoms with Gasteiger partial charge in [-0.3, -0.25) is 4.79 Å². The Labute approximate surface area is 194 Å². The molecule has 0 aliphatic carbocycles. The number of fused-ring (bicyclic) bond motifs is 1. The van der Waals surface area contributed by atoms with Gasteiger partial charge in [-0.15, -0.1) is 0 Å². The zero-order chi connectivity index (χ0) is 23.2. The van der Waals surface area contributed by atoms with Crippen LogP contribution >= 0.6 is 11.8 Å². The molecule has 0 bridgehead atoms. The molecule has 4 aromatic rings. The Bertz CT molecular complexity index is 1270. The topological polar surface area (TPSA) is 70.4 Å². The Morgan fingerprint density at radius 1 is 0.970 bits per heavy atom. The van der Waals surface area contributed by atoms with E-state index in [1.807, 2.05) is 47.9 Å². The average molecular weight is 465 g/mol. The van der Waals surface area contributed by atoms with E-state index in [0.29, 0.717) is 17.5 Å². The lowest BCUT2D eigenvalue weighted by molar-refractivity contribution is -0.151. The highest BCUT2D eigenvalue weighted by Crippen LogP contribution is 2.25. The summed E-state index contributed by atoms with van der Waals surface area (Å²) in [4.78, 5) is 28.7. The SMILES string of the molecule is Cc1ccc(OC(=O)COC(=O)CSc2nc3ccccc3n2Cc2ccc(F)cc2)cc1. The molecule has 1 heterocycles. The normalized spacial score (nSPS) is 10.8. The summed E-state index contributed by atoms with van der Waals surface area (Å²) in [5, 5.41) is 0.625. The number of thioether (sulfide) groups is 1. The van der Waals surface area contributed by atoms with Crippen LogP contribution in [0, 0.1) is 12.7 Å². The first-order valence-electron chi connectivity index (χ1n) is 10.2. The molecule has 0 N–H and O–H groups in total. The summed E-state index contributed by atoms with van der Waals surface area (Å²) >= 11 is 1.21. The molecule has 0 saturated carbocycles. The van der Waals surface area contributed by atoms with Gasteiger partial charge < -0.3 is 14.0 Å². The molecule has 6 nitrogen and oxygen atoms in total. The number of nitrogens with zero attached hydrogens (tertiary/aromatic N) is 2. The van der Waals surface area contributed by atoms with Crippen molar-refractivity contribution in [3.05, 3.63) is 89.7 Å². The third-order valence-corrected chi connectivity index (χ3v) is 5.75. The van der Waals surface area contributed by atoms with Crippen LogP contribution in [0.2, 0.25) is 0 Å². The quantitative estimate of drug-likeness (QED) is 0.213. The Morgan fingerprint density at radius 2 is 1.70 bits per heavy atom. The van der Waals surface area contributed by atoms with Gasteiger partial charge in [0.1, 0.15) is 11.6 Å². The maximum Gasteiger partial charge on any atom is 0.349 e. The zero-order valence-electron chi connectivity index (χ0n) is 17.9. The van der Waals surface area contributed by atoms with Crippen LogP contribution in [0.1, 0.15) is 11.1 Å². The molecule has 0 atom stereocenters. The average Bonchev–Trinajstić information content (AvgIpc) is 3.16. The first-order valence-corrected chi connectivity index (χ1v) is 11.2. The van der Waals surface area contributed by atoms with Crippen molar-refractivity contribution >= 4 is 34.7 Å². The van der Waals surface area contributed by atoms with Crippen LogP contribution < -0.4 is 4.74 Å². The number of halogens is 1. The lowest BCUT2D eigenvalue weighted by Gasteiger charge is -2.09. The number of esters is 2. The minimum atomic E-state index is -0.652. The molecule has 0 fully saturated rings. The molecule has 0 saturated heterocycles. The molecule has 0 unspecified atom stereocenters. The number of aromatic nitrogens is 2. The lowest BCUT2D eigenvalue weighted by Crippen LogP contribution is -2.19.